The van der Waals surface area contributed by atoms with Gasteiger partial charge in [0.1, 0.15) is 5.75 Å². The highest BCUT2D eigenvalue weighted by atomic mass is 16.5. The molecule has 2 N–H and O–H groups in total. The smallest absolute Gasteiger partial charge is 0.223 e. The molecule has 2 rings (SSSR count). The van der Waals surface area contributed by atoms with E-state index in [-0.39, 0.29) is 18.1 Å². The third-order valence-electron chi connectivity index (χ3n) is 3.61. The summed E-state index contributed by atoms with van der Waals surface area (Å²) < 4.78 is 5.48. The molecule has 4 nitrogen and oxygen atoms in total. The van der Waals surface area contributed by atoms with Gasteiger partial charge in [0.2, 0.25) is 5.91 Å². The Morgan fingerprint density at radius 3 is 2.58 bits per heavy atom. The number of ether oxygens (including phenoxy) is 1. The monoisotopic (exact) mass is 263 g/mol. The van der Waals surface area contributed by atoms with E-state index in [1.54, 1.807) is 0 Å². The second-order valence-corrected chi connectivity index (χ2v) is 5.11. The molecule has 0 radical (unpaired) electrons. The van der Waals surface area contributed by atoms with Crippen LogP contribution in [-0.2, 0) is 4.79 Å². The molecule has 0 heterocycles. The molecule has 4 heteroatoms. The van der Waals surface area contributed by atoms with E-state index in [0.717, 1.165) is 31.4 Å². The first kappa shape index (κ1) is 13.9. The summed E-state index contributed by atoms with van der Waals surface area (Å²) in [5.41, 5.74) is -0.385. The highest BCUT2D eigenvalue weighted by Gasteiger charge is 2.34. The van der Waals surface area contributed by atoms with Gasteiger partial charge in [-0.2, -0.15) is 0 Å². The number of aliphatic hydroxyl groups is 1. The molecule has 0 atom stereocenters. The van der Waals surface area contributed by atoms with Crippen molar-refractivity contribution in [3.63, 3.8) is 0 Å². The third kappa shape index (κ3) is 3.96. The van der Waals surface area contributed by atoms with Gasteiger partial charge in [-0.3, -0.25) is 4.79 Å². The fourth-order valence-electron chi connectivity index (χ4n) is 2.51. The Morgan fingerprint density at radius 1 is 1.26 bits per heavy atom. The third-order valence-corrected chi connectivity index (χ3v) is 3.61. The predicted molar refractivity (Wildman–Crippen MR) is 73.0 cm³/mol. The lowest BCUT2D eigenvalue weighted by Gasteiger charge is -2.27. The van der Waals surface area contributed by atoms with Gasteiger partial charge < -0.3 is 15.2 Å². The quantitative estimate of drug-likeness (QED) is 0.824. The second kappa shape index (κ2) is 6.57. The van der Waals surface area contributed by atoms with Crippen LogP contribution in [0, 0.1) is 0 Å². The van der Waals surface area contributed by atoms with Crippen LogP contribution in [0.15, 0.2) is 30.3 Å². The van der Waals surface area contributed by atoms with Gasteiger partial charge in [0.05, 0.1) is 25.2 Å². The summed E-state index contributed by atoms with van der Waals surface area (Å²) in [6.07, 6.45) is 4.20. The van der Waals surface area contributed by atoms with Crippen molar-refractivity contribution in [2.75, 3.05) is 13.2 Å². The van der Waals surface area contributed by atoms with Crippen LogP contribution in [0.25, 0.3) is 0 Å². The fourth-order valence-corrected chi connectivity index (χ4v) is 2.51. The number of hydrogen-bond acceptors (Lipinski definition) is 3. The number of carbonyl (C=O) groups excluding carboxylic acids is 1. The van der Waals surface area contributed by atoms with Gasteiger partial charge in [0, 0.05) is 0 Å². The van der Waals surface area contributed by atoms with Crippen LogP contribution >= 0.6 is 0 Å². The minimum Gasteiger partial charge on any atom is -0.493 e. The summed E-state index contributed by atoms with van der Waals surface area (Å²) in [4.78, 5) is 11.9. The first-order valence-electron chi connectivity index (χ1n) is 6.84. The molecule has 0 saturated heterocycles. The van der Waals surface area contributed by atoms with Crippen LogP contribution in [0.1, 0.15) is 32.1 Å². The Labute approximate surface area is 113 Å². The molecular weight excluding hydrogens is 242 g/mol. The van der Waals surface area contributed by atoms with Gasteiger partial charge in [-0.1, -0.05) is 31.0 Å². The lowest BCUT2D eigenvalue weighted by molar-refractivity contribution is -0.124. The zero-order chi connectivity index (χ0) is 13.6. The number of amides is 1. The average Bonchev–Trinajstić information content (AvgIpc) is 2.89. The molecule has 1 fully saturated rings. The first-order valence-corrected chi connectivity index (χ1v) is 6.84. The van der Waals surface area contributed by atoms with E-state index in [4.69, 9.17) is 4.74 Å². The van der Waals surface area contributed by atoms with Crippen molar-refractivity contribution in [3.05, 3.63) is 30.3 Å². The van der Waals surface area contributed by atoms with Crippen LogP contribution in [-0.4, -0.2) is 29.8 Å². The Kier molecular flexibility index (Phi) is 4.80. The molecule has 1 aliphatic carbocycles. The Balaban J connectivity index is 1.73. The Morgan fingerprint density at radius 2 is 1.95 bits per heavy atom. The van der Waals surface area contributed by atoms with Gasteiger partial charge in [0.15, 0.2) is 0 Å². The zero-order valence-corrected chi connectivity index (χ0v) is 11.1. The minimum absolute atomic E-state index is 0.0261. The van der Waals surface area contributed by atoms with E-state index in [9.17, 15) is 9.90 Å². The number of rotatable bonds is 6. The van der Waals surface area contributed by atoms with Crippen LogP contribution in [0.5, 0.6) is 5.75 Å². The summed E-state index contributed by atoms with van der Waals surface area (Å²) in [7, 11) is 0. The number of para-hydroxylation sites is 1. The summed E-state index contributed by atoms with van der Waals surface area (Å²) in [6, 6.07) is 9.45. The van der Waals surface area contributed by atoms with E-state index >= 15 is 0 Å². The van der Waals surface area contributed by atoms with Crippen LogP contribution in [0.3, 0.4) is 0 Å². The van der Waals surface area contributed by atoms with E-state index in [0.29, 0.717) is 13.0 Å². The fraction of sp³-hybridized carbons (Fsp3) is 0.533. The number of aliphatic hydroxyl groups excluding tert-OH is 1. The largest absolute Gasteiger partial charge is 0.493 e. The molecule has 1 saturated carbocycles. The topological polar surface area (TPSA) is 58.6 Å². The summed E-state index contributed by atoms with van der Waals surface area (Å²) >= 11 is 0. The van der Waals surface area contributed by atoms with Gasteiger partial charge in [-0.25, -0.2) is 0 Å². The molecule has 0 spiro atoms. The van der Waals surface area contributed by atoms with Gasteiger partial charge in [0.25, 0.3) is 0 Å². The zero-order valence-electron chi connectivity index (χ0n) is 11.1. The van der Waals surface area contributed by atoms with Gasteiger partial charge in [-0.15, -0.1) is 0 Å². The number of carbonyl (C=O) groups is 1. The lowest BCUT2D eigenvalue weighted by Crippen LogP contribution is -2.49. The lowest BCUT2D eigenvalue weighted by atomic mass is 9.99. The Hall–Kier alpha value is -1.55. The molecule has 1 aromatic carbocycles. The van der Waals surface area contributed by atoms with Crippen molar-refractivity contribution in [1.82, 2.24) is 5.32 Å². The average molecular weight is 263 g/mol. The molecule has 19 heavy (non-hydrogen) atoms. The van der Waals surface area contributed by atoms with Crippen molar-refractivity contribution in [1.29, 1.82) is 0 Å². The molecule has 0 aliphatic heterocycles. The number of nitrogens with one attached hydrogen (secondary N) is 1. The van der Waals surface area contributed by atoms with Crippen LogP contribution in [0.2, 0.25) is 0 Å². The predicted octanol–water partition coefficient (Wildman–Crippen LogP) is 1.88. The van der Waals surface area contributed by atoms with Crippen LogP contribution < -0.4 is 10.1 Å². The molecule has 0 aromatic heterocycles. The van der Waals surface area contributed by atoms with Gasteiger partial charge in [-0.05, 0) is 25.0 Å². The molecule has 1 aromatic rings. The SMILES string of the molecule is O=C(CCOc1ccccc1)NC1(CO)CCCC1. The molecule has 104 valence electrons. The van der Waals surface area contributed by atoms with Crippen molar-refractivity contribution in [2.24, 2.45) is 0 Å². The molecular formula is C15H21NO3. The standard InChI is InChI=1S/C15H21NO3/c17-12-15(9-4-5-10-15)16-14(18)8-11-19-13-6-2-1-3-7-13/h1-3,6-7,17H,4-5,8-12H2,(H,16,18). The van der Waals surface area contributed by atoms with E-state index in [2.05, 4.69) is 5.32 Å². The molecule has 1 amide bonds. The minimum atomic E-state index is -0.385. The van der Waals surface area contributed by atoms with Crippen LogP contribution in [0.4, 0.5) is 0 Å². The maximum Gasteiger partial charge on any atom is 0.223 e. The van der Waals surface area contributed by atoms with E-state index < -0.39 is 0 Å². The Bertz CT molecular complexity index is 399. The molecule has 0 bridgehead atoms. The van der Waals surface area contributed by atoms with Crippen molar-refractivity contribution in [2.45, 2.75) is 37.6 Å². The van der Waals surface area contributed by atoms with Crippen molar-refractivity contribution >= 4 is 5.91 Å². The summed E-state index contributed by atoms with van der Waals surface area (Å²) in [6.45, 7) is 0.385. The number of hydrogen-bond donors (Lipinski definition) is 2. The highest BCUT2D eigenvalue weighted by Crippen LogP contribution is 2.29. The maximum absolute atomic E-state index is 11.9. The first-order chi connectivity index (χ1) is 9.24. The summed E-state index contributed by atoms with van der Waals surface area (Å²) in [5, 5.41) is 12.4. The molecule has 1 aliphatic rings. The van der Waals surface area contributed by atoms with E-state index in [1.807, 2.05) is 30.3 Å². The van der Waals surface area contributed by atoms with Crippen molar-refractivity contribution in [3.8, 4) is 5.75 Å². The second-order valence-electron chi connectivity index (χ2n) is 5.11. The highest BCUT2D eigenvalue weighted by molar-refractivity contribution is 5.77. The normalized spacial score (nSPS) is 17.1. The maximum atomic E-state index is 11.9. The number of benzene rings is 1. The van der Waals surface area contributed by atoms with Gasteiger partial charge >= 0.3 is 0 Å². The van der Waals surface area contributed by atoms with Crippen molar-refractivity contribution < 1.29 is 14.6 Å². The van der Waals surface area contributed by atoms with E-state index in [1.165, 1.54) is 0 Å². The summed E-state index contributed by atoms with van der Waals surface area (Å²) in [5.74, 6) is 0.722. The molecule has 0 unspecified atom stereocenters.